The van der Waals surface area contributed by atoms with Gasteiger partial charge < -0.3 is 14.8 Å². The van der Waals surface area contributed by atoms with Crippen LogP contribution in [0.3, 0.4) is 0 Å². The first-order valence-corrected chi connectivity index (χ1v) is 7.73. The van der Waals surface area contributed by atoms with E-state index in [1.54, 1.807) is 18.4 Å². The van der Waals surface area contributed by atoms with Crippen molar-refractivity contribution < 1.29 is 14.3 Å². The number of hydrogen-bond donors (Lipinski definition) is 1. The van der Waals surface area contributed by atoms with Crippen molar-refractivity contribution in [2.75, 3.05) is 33.4 Å². The van der Waals surface area contributed by atoms with Crippen molar-refractivity contribution in [1.82, 2.24) is 10.2 Å². The van der Waals surface area contributed by atoms with Gasteiger partial charge in [0.05, 0.1) is 31.9 Å². The number of ether oxygens (including phenoxy) is 2. The number of carbonyl (C=O) groups excluding carboxylic acids is 1. The summed E-state index contributed by atoms with van der Waals surface area (Å²) in [5, 5.41) is 5.00. The Morgan fingerprint density at radius 1 is 1.70 bits per heavy atom. The van der Waals surface area contributed by atoms with Gasteiger partial charge >= 0.3 is 0 Å². The molecule has 1 aromatic heterocycles. The smallest absolute Gasteiger partial charge is 0.237 e. The number of rotatable bonds is 6. The van der Waals surface area contributed by atoms with Gasteiger partial charge in [-0.15, -0.1) is 11.3 Å². The SMILES string of the molecule is COCC1CN(C(C)C(=O)NCc2cccs2)CCO1. The molecule has 1 fully saturated rings. The maximum Gasteiger partial charge on any atom is 0.237 e. The van der Waals surface area contributed by atoms with Crippen molar-refractivity contribution in [2.24, 2.45) is 0 Å². The first-order valence-electron chi connectivity index (χ1n) is 6.85. The number of nitrogens with one attached hydrogen (secondary N) is 1. The molecule has 5 nitrogen and oxygen atoms in total. The van der Waals surface area contributed by atoms with Crippen molar-refractivity contribution in [1.29, 1.82) is 0 Å². The second-order valence-electron chi connectivity index (χ2n) is 4.92. The first-order chi connectivity index (χ1) is 9.70. The van der Waals surface area contributed by atoms with E-state index >= 15 is 0 Å². The summed E-state index contributed by atoms with van der Waals surface area (Å²) in [5.74, 6) is 0.0662. The zero-order valence-corrected chi connectivity index (χ0v) is 12.8. The maximum absolute atomic E-state index is 12.2. The summed E-state index contributed by atoms with van der Waals surface area (Å²) in [6.07, 6.45) is 0.0568. The zero-order chi connectivity index (χ0) is 14.4. The summed E-state index contributed by atoms with van der Waals surface area (Å²) in [7, 11) is 1.67. The Labute approximate surface area is 123 Å². The van der Waals surface area contributed by atoms with Gasteiger partial charge in [0.15, 0.2) is 0 Å². The quantitative estimate of drug-likeness (QED) is 0.854. The molecule has 0 aromatic carbocycles. The number of carbonyl (C=O) groups is 1. The molecule has 1 N–H and O–H groups in total. The molecule has 0 spiro atoms. The Hall–Kier alpha value is -0.950. The van der Waals surface area contributed by atoms with Crippen molar-refractivity contribution in [3.05, 3.63) is 22.4 Å². The van der Waals surface area contributed by atoms with Crippen molar-refractivity contribution in [3.8, 4) is 0 Å². The van der Waals surface area contributed by atoms with E-state index in [0.717, 1.165) is 13.1 Å². The molecule has 2 unspecified atom stereocenters. The van der Waals surface area contributed by atoms with Crippen LogP contribution in [0.2, 0.25) is 0 Å². The Morgan fingerprint density at radius 3 is 3.25 bits per heavy atom. The van der Waals surface area contributed by atoms with E-state index in [2.05, 4.69) is 10.2 Å². The van der Waals surface area contributed by atoms with Crippen molar-refractivity contribution in [3.63, 3.8) is 0 Å². The minimum Gasteiger partial charge on any atom is -0.382 e. The van der Waals surface area contributed by atoms with Gasteiger partial charge in [0.25, 0.3) is 0 Å². The third-order valence-corrected chi connectivity index (χ3v) is 4.34. The van der Waals surface area contributed by atoms with Gasteiger partial charge in [-0.3, -0.25) is 9.69 Å². The number of morpholine rings is 1. The van der Waals surface area contributed by atoms with E-state index < -0.39 is 0 Å². The summed E-state index contributed by atoms with van der Waals surface area (Å²) >= 11 is 1.65. The normalized spacial score (nSPS) is 21.6. The lowest BCUT2D eigenvalue weighted by Crippen LogP contribution is -2.53. The largest absolute Gasteiger partial charge is 0.382 e. The van der Waals surface area contributed by atoms with Crippen LogP contribution in [0.4, 0.5) is 0 Å². The van der Waals surface area contributed by atoms with Crippen LogP contribution >= 0.6 is 11.3 Å². The van der Waals surface area contributed by atoms with Crippen molar-refractivity contribution in [2.45, 2.75) is 25.6 Å². The third kappa shape index (κ3) is 4.28. The average molecular weight is 298 g/mol. The molecule has 2 rings (SSSR count). The lowest BCUT2D eigenvalue weighted by Gasteiger charge is -2.35. The van der Waals surface area contributed by atoms with E-state index in [-0.39, 0.29) is 18.1 Å². The van der Waals surface area contributed by atoms with Gasteiger partial charge in [-0.25, -0.2) is 0 Å². The lowest BCUT2D eigenvalue weighted by atomic mass is 10.2. The lowest BCUT2D eigenvalue weighted by molar-refractivity contribution is -0.130. The molecule has 2 atom stereocenters. The average Bonchev–Trinajstić information content (AvgIpc) is 2.98. The van der Waals surface area contributed by atoms with E-state index in [4.69, 9.17) is 9.47 Å². The van der Waals surface area contributed by atoms with Crippen LogP contribution in [-0.4, -0.2) is 56.4 Å². The molecule has 1 aliphatic rings. The standard InChI is InChI=1S/C14H22N2O3S/c1-11(14(17)15-8-13-4-3-7-20-13)16-5-6-19-12(9-16)10-18-2/h3-4,7,11-12H,5-6,8-10H2,1-2H3,(H,15,17). The molecule has 0 saturated carbocycles. The van der Waals surface area contributed by atoms with E-state index in [9.17, 15) is 4.79 Å². The van der Waals surface area contributed by atoms with E-state index in [1.807, 2.05) is 24.4 Å². The highest BCUT2D eigenvalue weighted by Crippen LogP contribution is 2.11. The van der Waals surface area contributed by atoms with E-state index in [0.29, 0.717) is 19.8 Å². The molecular formula is C14H22N2O3S. The number of thiophene rings is 1. The third-order valence-electron chi connectivity index (χ3n) is 3.47. The topological polar surface area (TPSA) is 50.8 Å². The molecule has 0 bridgehead atoms. The van der Waals surface area contributed by atoms with Crippen LogP contribution < -0.4 is 5.32 Å². The maximum atomic E-state index is 12.2. The molecule has 112 valence electrons. The molecule has 0 radical (unpaired) electrons. The summed E-state index contributed by atoms with van der Waals surface area (Å²) in [6.45, 7) is 5.29. The molecule has 1 aliphatic heterocycles. The Kier molecular flexibility index (Phi) is 5.97. The fraction of sp³-hybridized carbons (Fsp3) is 0.643. The van der Waals surface area contributed by atoms with Gasteiger partial charge in [0.2, 0.25) is 5.91 Å². The second kappa shape index (κ2) is 7.73. The number of hydrogen-bond acceptors (Lipinski definition) is 5. The predicted molar refractivity (Wildman–Crippen MR) is 78.8 cm³/mol. The van der Waals surface area contributed by atoms with Crippen LogP contribution in [-0.2, 0) is 20.8 Å². The Bertz CT molecular complexity index is 409. The molecule has 1 aromatic rings. The summed E-state index contributed by atoms with van der Waals surface area (Å²) in [4.78, 5) is 15.5. The van der Waals surface area contributed by atoms with Gasteiger partial charge in [-0.2, -0.15) is 0 Å². The van der Waals surface area contributed by atoms with Crippen LogP contribution in [0.5, 0.6) is 0 Å². The number of amides is 1. The Morgan fingerprint density at radius 2 is 2.55 bits per heavy atom. The van der Waals surface area contributed by atoms with Gasteiger partial charge in [-0.1, -0.05) is 6.07 Å². The summed E-state index contributed by atoms with van der Waals surface area (Å²) in [6, 6.07) is 3.88. The molecule has 20 heavy (non-hydrogen) atoms. The summed E-state index contributed by atoms with van der Waals surface area (Å²) in [5.41, 5.74) is 0. The fourth-order valence-corrected chi connectivity index (χ4v) is 2.93. The molecule has 6 heteroatoms. The van der Waals surface area contributed by atoms with E-state index in [1.165, 1.54) is 4.88 Å². The van der Waals surface area contributed by atoms with Gasteiger partial charge in [0.1, 0.15) is 0 Å². The Balaban J connectivity index is 1.80. The highest BCUT2D eigenvalue weighted by Gasteiger charge is 2.27. The summed E-state index contributed by atoms with van der Waals surface area (Å²) < 4.78 is 10.7. The molecule has 2 heterocycles. The second-order valence-corrected chi connectivity index (χ2v) is 5.95. The molecular weight excluding hydrogens is 276 g/mol. The highest BCUT2D eigenvalue weighted by atomic mass is 32.1. The highest BCUT2D eigenvalue weighted by molar-refractivity contribution is 7.09. The van der Waals surface area contributed by atoms with Gasteiger partial charge in [-0.05, 0) is 18.4 Å². The molecule has 1 saturated heterocycles. The first kappa shape index (κ1) is 15.4. The van der Waals surface area contributed by atoms with Crippen LogP contribution in [0.1, 0.15) is 11.8 Å². The monoisotopic (exact) mass is 298 g/mol. The fourth-order valence-electron chi connectivity index (χ4n) is 2.28. The number of nitrogens with zero attached hydrogens (tertiary/aromatic N) is 1. The van der Waals surface area contributed by atoms with Crippen LogP contribution in [0.25, 0.3) is 0 Å². The number of methoxy groups -OCH3 is 1. The predicted octanol–water partition coefficient (Wildman–Crippen LogP) is 1.10. The van der Waals surface area contributed by atoms with Crippen LogP contribution in [0, 0.1) is 0 Å². The van der Waals surface area contributed by atoms with Crippen molar-refractivity contribution >= 4 is 17.2 Å². The van der Waals surface area contributed by atoms with Gasteiger partial charge in [0, 0.05) is 25.1 Å². The minimum atomic E-state index is -0.141. The molecule has 0 aliphatic carbocycles. The zero-order valence-electron chi connectivity index (χ0n) is 12.0. The van der Waals surface area contributed by atoms with Crippen LogP contribution in [0.15, 0.2) is 17.5 Å². The minimum absolute atomic E-state index is 0.0568. The molecule has 1 amide bonds.